The summed E-state index contributed by atoms with van der Waals surface area (Å²) >= 11 is 8.25. The highest BCUT2D eigenvalue weighted by atomic mass is 35.5. The molecule has 0 aromatic carbocycles. The van der Waals surface area contributed by atoms with E-state index in [9.17, 15) is 18.0 Å². The number of nitrogens with one attached hydrogen (secondary N) is 1. The molecular formula is C12H9ClF3N3OS2. The van der Waals surface area contributed by atoms with Gasteiger partial charge in [-0.05, 0) is 6.07 Å². The van der Waals surface area contributed by atoms with Crippen LogP contribution in [-0.2, 0) is 16.7 Å². The van der Waals surface area contributed by atoms with E-state index < -0.39 is 11.7 Å². The summed E-state index contributed by atoms with van der Waals surface area (Å²) in [7, 11) is 0. The molecule has 0 unspecified atom stereocenters. The number of amides is 1. The Labute approximate surface area is 137 Å². The third-order valence-electron chi connectivity index (χ3n) is 2.33. The second-order valence-corrected chi connectivity index (χ2v) is 6.35. The van der Waals surface area contributed by atoms with Gasteiger partial charge >= 0.3 is 6.18 Å². The number of hydrogen-bond acceptors (Lipinski definition) is 5. The Morgan fingerprint density at radius 2 is 2.23 bits per heavy atom. The molecule has 1 N–H and O–H groups in total. The molecule has 0 aliphatic heterocycles. The zero-order valence-electron chi connectivity index (χ0n) is 11.1. The van der Waals surface area contributed by atoms with Crippen molar-refractivity contribution in [3.8, 4) is 0 Å². The minimum absolute atomic E-state index is 0.0582. The van der Waals surface area contributed by atoms with Crippen LogP contribution in [0.4, 0.5) is 18.3 Å². The lowest BCUT2D eigenvalue weighted by Crippen LogP contribution is -2.05. The van der Waals surface area contributed by atoms with Gasteiger partial charge in [0.15, 0.2) is 5.13 Å². The predicted molar refractivity (Wildman–Crippen MR) is 80.2 cm³/mol. The molecule has 0 saturated heterocycles. The lowest BCUT2D eigenvalue weighted by molar-refractivity contribution is -0.137. The molecule has 0 saturated carbocycles. The summed E-state index contributed by atoms with van der Waals surface area (Å²) in [6, 6.07) is 0.848. The number of thiazole rings is 1. The third kappa shape index (κ3) is 4.59. The van der Waals surface area contributed by atoms with Crippen molar-refractivity contribution in [3.63, 3.8) is 0 Å². The maximum atomic E-state index is 12.5. The Hall–Kier alpha value is -1.32. The van der Waals surface area contributed by atoms with E-state index >= 15 is 0 Å². The molecule has 2 aromatic rings. The zero-order valence-corrected chi connectivity index (χ0v) is 13.5. The molecule has 2 rings (SSSR count). The molecule has 2 heterocycles. The van der Waals surface area contributed by atoms with E-state index in [1.54, 1.807) is 5.38 Å². The number of hydrogen-bond donors (Lipinski definition) is 1. The Kier molecular flexibility index (Phi) is 5.30. The molecule has 1 amide bonds. The standard InChI is InChI=1S/C12H9ClF3N3OS2/c1-6(20)18-11-19-8(5-22-11)4-21-10-9(13)2-7(3-17-10)12(14,15)16/h2-3,5H,4H2,1H3,(H,18,19,20). The van der Waals surface area contributed by atoms with Crippen molar-refractivity contribution in [2.45, 2.75) is 23.9 Å². The highest BCUT2D eigenvalue weighted by Crippen LogP contribution is 2.34. The lowest BCUT2D eigenvalue weighted by Gasteiger charge is -2.08. The van der Waals surface area contributed by atoms with Crippen molar-refractivity contribution in [2.75, 3.05) is 5.32 Å². The lowest BCUT2D eigenvalue weighted by atomic mass is 10.3. The number of rotatable bonds is 4. The Balaban J connectivity index is 2.02. The van der Waals surface area contributed by atoms with Gasteiger partial charge in [0.1, 0.15) is 5.03 Å². The van der Waals surface area contributed by atoms with Gasteiger partial charge in [0.25, 0.3) is 0 Å². The van der Waals surface area contributed by atoms with Gasteiger partial charge in [0.05, 0.1) is 16.3 Å². The van der Waals surface area contributed by atoms with Gasteiger partial charge in [-0.2, -0.15) is 13.2 Å². The molecule has 118 valence electrons. The fourth-order valence-corrected chi connectivity index (χ4v) is 3.36. The first-order valence-corrected chi connectivity index (χ1v) is 8.07. The van der Waals surface area contributed by atoms with Gasteiger partial charge in [-0.25, -0.2) is 9.97 Å². The highest BCUT2D eigenvalue weighted by Gasteiger charge is 2.31. The van der Waals surface area contributed by atoms with E-state index in [4.69, 9.17) is 11.6 Å². The smallest absolute Gasteiger partial charge is 0.302 e. The summed E-state index contributed by atoms with van der Waals surface area (Å²) in [4.78, 5) is 18.8. The molecule has 0 aliphatic carbocycles. The summed E-state index contributed by atoms with van der Waals surface area (Å²) in [6.45, 7) is 1.38. The molecule has 4 nitrogen and oxygen atoms in total. The van der Waals surface area contributed by atoms with Crippen LogP contribution in [0.2, 0.25) is 5.02 Å². The number of carbonyl (C=O) groups is 1. The average molecular weight is 368 g/mol. The van der Waals surface area contributed by atoms with Crippen LogP contribution in [0.25, 0.3) is 0 Å². The molecule has 0 fully saturated rings. The van der Waals surface area contributed by atoms with Gasteiger partial charge < -0.3 is 5.32 Å². The van der Waals surface area contributed by atoms with Crippen LogP contribution < -0.4 is 5.32 Å². The number of carbonyl (C=O) groups excluding carboxylic acids is 1. The van der Waals surface area contributed by atoms with Crippen molar-refractivity contribution >= 4 is 45.7 Å². The minimum Gasteiger partial charge on any atom is -0.302 e. The maximum absolute atomic E-state index is 12.5. The topological polar surface area (TPSA) is 54.9 Å². The van der Waals surface area contributed by atoms with Gasteiger partial charge in [-0.3, -0.25) is 4.79 Å². The molecule has 0 spiro atoms. The highest BCUT2D eigenvalue weighted by molar-refractivity contribution is 7.98. The molecule has 22 heavy (non-hydrogen) atoms. The predicted octanol–water partition coefficient (Wildman–Crippen LogP) is 4.46. The van der Waals surface area contributed by atoms with Crippen molar-refractivity contribution in [3.05, 3.63) is 33.9 Å². The maximum Gasteiger partial charge on any atom is 0.417 e. The van der Waals surface area contributed by atoms with Gasteiger partial charge in [-0.1, -0.05) is 23.4 Å². The fraction of sp³-hybridized carbons (Fsp3) is 0.250. The van der Waals surface area contributed by atoms with Crippen LogP contribution in [-0.4, -0.2) is 15.9 Å². The molecule has 0 bridgehead atoms. The zero-order chi connectivity index (χ0) is 16.3. The minimum atomic E-state index is -4.47. The van der Waals surface area contributed by atoms with E-state index in [0.717, 1.165) is 12.3 Å². The van der Waals surface area contributed by atoms with Crippen LogP contribution in [0.1, 0.15) is 18.2 Å². The number of halogens is 4. The van der Waals surface area contributed by atoms with Crippen molar-refractivity contribution in [2.24, 2.45) is 0 Å². The summed E-state index contributed by atoms with van der Waals surface area (Å²) in [5.74, 6) is 0.162. The molecule has 0 radical (unpaired) electrons. The molecule has 0 atom stereocenters. The molecular weight excluding hydrogens is 359 g/mol. The summed E-state index contributed by atoms with van der Waals surface area (Å²) in [5, 5.41) is 5.00. The molecule has 0 aliphatic rings. The largest absolute Gasteiger partial charge is 0.417 e. The normalized spacial score (nSPS) is 11.5. The van der Waals surface area contributed by atoms with E-state index in [2.05, 4.69) is 15.3 Å². The van der Waals surface area contributed by atoms with Crippen molar-refractivity contribution < 1.29 is 18.0 Å². The van der Waals surface area contributed by atoms with Crippen LogP contribution in [0, 0.1) is 0 Å². The SMILES string of the molecule is CC(=O)Nc1nc(CSc2ncc(C(F)(F)F)cc2Cl)cs1. The van der Waals surface area contributed by atoms with Gasteiger partial charge in [0, 0.05) is 24.3 Å². The molecule has 10 heteroatoms. The summed E-state index contributed by atoms with van der Waals surface area (Å²) < 4.78 is 37.5. The second kappa shape index (κ2) is 6.84. The average Bonchev–Trinajstić information content (AvgIpc) is 2.83. The van der Waals surface area contributed by atoms with Gasteiger partial charge in [-0.15, -0.1) is 11.3 Å². The van der Waals surface area contributed by atoms with Crippen LogP contribution in [0.3, 0.4) is 0 Å². The van der Waals surface area contributed by atoms with E-state index in [0.29, 0.717) is 21.6 Å². The van der Waals surface area contributed by atoms with Gasteiger partial charge in [0.2, 0.25) is 5.91 Å². The first-order valence-electron chi connectivity index (χ1n) is 5.83. The van der Waals surface area contributed by atoms with Crippen molar-refractivity contribution in [1.29, 1.82) is 0 Å². The first kappa shape index (κ1) is 17.0. The summed E-state index contributed by atoms with van der Waals surface area (Å²) in [6.07, 6.45) is -3.72. The number of pyridine rings is 1. The van der Waals surface area contributed by atoms with E-state index in [1.165, 1.54) is 30.0 Å². The van der Waals surface area contributed by atoms with E-state index in [1.807, 2.05) is 0 Å². The van der Waals surface area contributed by atoms with Crippen LogP contribution >= 0.6 is 34.7 Å². The van der Waals surface area contributed by atoms with Crippen LogP contribution in [0.5, 0.6) is 0 Å². The Morgan fingerprint density at radius 1 is 1.50 bits per heavy atom. The Bertz CT molecular complexity index is 690. The monoisotopic (exact) mass is 367 g/mol. The quantitative estimate of drug-likeness (QED) is 0.810. The van der Waals surface area contributed by atoms with Crippen LogP contribution in [0.15, 0.2) is 22.7 Å². The molecule has 2 aromatic heterocycles. The second-order valence-electron chi connectivity index (χ2n) is 4.12. The third-order valence-corrected chi connectivity index (χ3v) is 4.57. The van der Waals surface area contributed by atoms with E-state index in [-0.39, 0.29) is 10.9 Å². The number of thioether (sulfide) groups is 1. The van der Waals surface area contributed by atoms with Crippen molar-refractivity contribution in [1.82, 2.24) is 9.97 Å². The first-order chi connectivity index (χ1) is 10.3. The number of nitrogens with zero attached hydrogens (tertiary/aromatic N) is 2. The number of anilines is 1. The fourth-order valence-electron chi connectivity index (χ4n) is 1.41. The number of alkyl halides is 3. The Morgan fingerprint density at radius 3 is 2.82 bits per heavy atom. The summed E-state index contributed by atoms with van der Waals surface area (Å²) in [5.41, 5.74) is -0.208. The number of aromatic nitrogens is 2.